The van der Waals surface area contributed by atoms with Crippen molar-refractivity contribution < 1.29 is 0 Å². The normalized spacial score (nSPS) is 11.9. The third-order valence-electron chi connectivity index (χ3n) is 3.32. The quantitative estimate of drug-likeness (QED) is 0.733. The number of hydrogen-bond acceptors (Lipinski definition) is 2. The molecule has 0 aliphatic carbocycles. The first-order chi connectivity index (χ1) is 9.75. The number of aromatic nitrogens is 2. The van der Waals surface area contributed by atoms with E-state index in [1.807, 2.05) is 18.2 Å². The van der Waals surface area contributed by atoms with Gasteiger partial charge in [0.05, 0.1) is 0 Å². The first kappa shape index (κ1) is 16.6. The minimum absolute atomic E-state index is 0.0336. The van der Waals surface area contributed by atoms with Crippen LogP contribution in [0.2, 0.25) is 0 Å². The second kappa shape index (κ2) is 6.13. The van der Waals surface area contributed by atoms with E-state index in [9.17, 15) is 0 Å². The summed E-state index contributed by atoms with van der Waals surface area (Å²) in [6.45, 7) is 9.55. The number of benzene rings is 1. The number of nitrogens with two attached hydrogens (primary N) is 1. The molecule has 1 aromatic carbocycles. The van der Waals surface area contributed by atoms with Crippen LogP contribution in [0.5, 0.6) is 0 Å². The minimum Gasteiger partial charge on any atom is -0.383 e. The first-order valence-electron chi connectivity index (χ1n) is 7.07. The number of imidazole rings is 1. The fraction of sp³-hybridized carbons (Fsp3) is 0.438. The van der Waals surface area contributed by atoms with Gasteiger partial charge < -0.3 is 10.3 Å². The summed E-state index contributed by atoms with van der Waals surface area (Å²) in [5.41, 5.74) is 8.24. The summed E-state index contributed by atoms with van der Waals surface area (Å²) in [6.07, 6.45) is 1.03. The summed E-state index contributed by atoms with van der Waals surface area (Å²) in [5.74, 6) is 1.78. The molecular formula is C16H21Br2N3. The van der Waals surface area contributed by atoms with Crippen LogP contribution in [-0.2, 0) is 12.0 Å². The SMILES string of the molecule is CCCn1c(C(C)(C)C)nc(-c2ccc(Br)c(Br)c2)c1N. The molecule has 1 aromatic heterocycles. The highest BCUT2D eigenvalue weighted by atomic mass is 79.9. The summed E-state index contributed by atoms with van der Waals surface area (Å²) in [4.78, 5) is 4.84. The van der Waals surface area contributed by atoms with Gasteiger partial charge in [-0.25, -0.2) is 4.98 Å². The molecule has 0 atom stereocenters. The van der Waals surface area contributed by atoms with E-state index < -0.39 is 0 Å². The van der Waals surface area contributed by atoms with E-state index in [1.165, 1.54) is 0 Å². The molecule has 0 aliphatic heterocycles. The standard InChI is InChI=1S/C16H21Br2N3/c1-5-8-21-14(19)13(20-15(21)16(2,3)4)10-6-7-11(17)12(18)9-10/h6-7,9H,5,8,19H2,1-4H3. The van der Waals surface area contributed by atoms with Crippen molar-refractivity contribution in [2.75, 3.05) is 5.73 Å². The summed E-state index contributed by atoms with van der Waals surface area (Å²) in [6, 6.07) is 6.09. The molecule has 0 amide bonds. The molecule has 3 nitrogen and oxygen atoms in total. The molecule has 114 valence electrons. The highest BCUT2D eigenvalue weighted by molar-refractivity contribution is 9.13. The van der Waals surface area contributed by atoms with Gasteiger partial charge >= 0.3 is 0 Å². The van der Waals surface area contributed by atoms with Crippen LogP contribution in [0.1, 0.15) is 39.9 Å². The summed E-state index contributed by atoms with van der Waals surface area (Å²) >= 11 is 7.03. The van der Waals surface area contributed by atoms with Gasteiger partial charge in [0, 0.05) is 26.5 Å². The molecule has 0 spiro atoms. The Morgan fingerprint density at radius 2 is 1.86 bits per heavy atom. The minimum atomic E-state index is -0.0336. The maximum atomic E-state index is 6.38. The number of nitrogen functional groups attached to an aromatic ring is 1. The largest absolute Gasteiger partial charge is 0.383 e. The van der Waals surface area contributed by atoms with E-state index in [0.29, 0.717) is 0 Å². The van der Waals surface area contributed by atoms with Gasteiger partial charge in [-0.05, 0) is 50.4 Å². The number of nitrogens with zero attached hydrogens (tertiary/aromatic N) is 2. The summed E-state index contributed by atoms with van der Waals surface area (Å²) in [5, 5.41) is 0. The van der Waals surface area contributed by atoms with Crippen molar-refractivity contribution in [3.05, 3.63) is 33.0 Å². The first-order valence-corrected chi connectivity index (χ1v) is 8.66. The third kappa shape index (κ3) is 3.34. The van der Waals surface area contributed by atoms with Crippen molar-refractivity contribution in [3.63, 3.8) is 0 Å². The Labute approximate surface area is 143 Å². The molecular weight excluding hydrogens is 394 g/mol. The molecule has 0 saturated heterocycles. The fourth-order valence-electron chi connectivity index (χ4n) is 2.34. The van der Waals surface area contributed by atoms with Crippen molar-refractivity contribution >= 4 is 37.7 Å². The van der Waals surface area contributed by atoms with Crippen LogP contribution in [0.15, 0.2) is 27.1 Å². The van der Waals surface area contributed by atoms with E-state index in [2.05, 4.69) is 64.1 Å². The zero-order valence-corrected chi connectivity index (χ0v) is 16.0. The van der Waals surface area contributed by atoms with Crippen LogP contribution >= 0.6 is 31.9 Å². The summed E-state index contributed by atoms with van der Waals surface area (Å²) < 4.78 is 4.17. The van der Waals surface area contributed by atoms with E-state index in [-0.39, 0.29) is 5.41 Å². The maximum Gasteiger partial charge on any atom is 0.131 e. The van der Waals surface area contributed by atoms with Crippen LogP contribution < -0.4 is 5.73 Å². The topological polar surface area (TPSA) is 43.8 Å². The van der Waals surface area contributed by atoms with Gasteiger partial charge in [0.2, 0.25) is 0 Å². The lowest BCUT2D eigenvalue weighted by Crippen LogP contribution is -2.19. The zero-order valence-electron chi connectivity index (χ0n) is 12.9. The molecule has 2 aromatic rings. The Bertz CT molecular complexity index is 654. The average Bonchev–Trinajstić information content (AvgIpc) is 2.71. The van der Waals surface area contributed by atoms with E-state index in [0.717, 1.165) is 44.8 Å². The fourth-order valence-corrected chi connectivity index (χ4v) is 2.97. The van der Waals surface area contributed by atoms with E-state index >= 15 is 0 Å². The van der Waals surface area contributed by atoms with Gasteiger partial charge in [0.25, 0.3) is 0 Å². The molecule has 21 heavy (non-hydrogen) atoms. The van der Waals surface area contributed by atoms with E-state index in [4.69, 9.17) is 10.7 Å². The molecule has 0 radical (unpaired) electrons. The number of hydrogen-bond donors (Lipinski definition) is 1. The molecule has 0 aliphatic rings. The molecule has 5 heteroatoms. The Morgan fingerprint density at radius 3 is 2.38 bits per heavy atom. The Morgan fingerprint density at radius 1 is 1.19 bits per heavy atom. The number of anilines is 1. The van der Waals surface area contributed by atoms with Gasteiger partial charge in [-0.15, -0.1) is 0 Å². The lowest BCUT2D eigenvalue weighted by atomic mass is 9.95. The van der Waals surface area contributed by atoms with Gasteiger partial charge in [-0.2, -0.15) is 0 Å². The molecule has 0 saturated carbocycles. The molecule has 2 rings (SSSR count). The van der Waals surface area contributed by atoms with Gasteiger partial charge in [0.15, 0.2) is 0 Å². The van der Waals surface area contributed by atoms with Crippen LogP contribution in [0, 0.1) is 0 Å². The second-order valence-electron chi connectivity index (χ2n) is 6.20. The molecule has 0 unspecified atom stereocenters. The van der Waals surface area contributed by atoms with Crippen molar-refractivity contribution in [2.24, 2.45) is 0 Å². The predicted molar refractivity (Wildman–Crippen MR) is 96.5 cm³/mol. The highest BCUT2D eigenvalue weighted by Gasteiger charge is 2.25. The van der Waals surface area contributed by atoms with Gasteiger partial charge in [-0.1, -0.05) is 33.8 Å². The molecule has 1 heterocycles. The van der Waals surface area contributed by atoms with Crippen molar-refractivity contribution in [3.8, 4) is 11.3 Å². The smallest absolute Gasteiger partial charge is 0.131 e. The Hall–Kier alpha value is -0.810. The lowest BCUT2D eigenvalue weighted by molar-refractivity contribution is 0.498. The molecule has 0 bridgehead atoms. The second-order valence-corrected chi connectivity index (χ2v) is 7.91. The Kier molecular flexibility index (Phi) is 4.83. The maximum absolute atomic E-state index is 6.38. The average molecular weight is 415 g/mol. The van der Waals surface area contributed by atoms with Gasteiger partial charge in [-0.3, -0.25) is 0 Å². The van der Waals surface area contributed by atoms with Crippen LogP contribution in [-0.4, -0.2) is 9.55 Å². The Balaban J connectivity index is 2.61. The molecule has 0 fully saturated rings. The summed E-state index contributed by atoms with van der Waals surface area (Å²) in [7, 11) is 0. The van der Waals surface area contributed by atoms with Crippen molar-refractivity contribution in [1.82, 2.24) is 9.55 Å². The highest BCUT2D eigenvalue weighted by Crippen LogP contribution is 2.35. The molecule has 2 N–H and O–H groups in total. The van der Waals surface area contributed by atoms with Gasteiger partial charge in [0.1, 0.15) is 17.3 Å². The van der Waals surface area contributed by atoms with Crippen molar-refractivity contribution in [2.45, 2.75) is 46.1 Å². The van der Waals surface area contributed by atoms with Crippen LogP contribution in [0.3, 0.4) is 0 Å². The van der Waals surface area contributed by atoms with Crippen molar-refractivity contribution in [1.29, 1.82) is 0 Å². The third-order valence-corrected chi connectivity index (χ3v) is 5.20. The number of rotatable bonds is 3. The van der Waals surface area contributed by atoms with Crippen LogP contribution in [0.4, 0.5) is 5.82 Å². The monoisotopic (exact) mass is 413 g/mol. The predicted octanol–water partition coefficient (Wildman–Crippen LogP) is 5.36. The van der Waals surface area contributed by atoms with Crippen LogP contribution in [0.25, 0.3) is 11.3 Å². The number of halogens is 2. The lowest BCUT2D eigenvalue weighted by Gasteiger charge is -2.19. The zero-order chi connectivity index (χ0) is 15.8. The van der Waals surface area contributed by atoms with E-state index in [1.54, 1.807) is 0 Å².